The van der Waals surface area contributed by atoms with E-state index in [4.69, 9.17) is 9.47 Å². The molecule has 3 heterocycles. The van der Waals surface area contributed by atoms with E-state index in [1.54, 1.807) is 56.1 Å². The highest BCUT2D eigenvalue weighted by molar-refractivity contribution is 6.14. The zero-order valence-corrected chi connectivity index (χ0v) is 20.3. The summed E-state index contributed by atoms with van der Waals surface area (Å²) in [5.74, 6) is -0.235. The summed E-state index contributed by atoms with van der Waals surface area (Å²) < 4.78 is 11.7. The van der Waals surface area contributed by atoms with Gasteiger partial charge in [-0.3, -0.25) is 9.59 Å². The Balaban J connectivity index is 1.65. The molecule has 35 heavy (non-hydrogen) atoms. The van der Waals surface area contributed by atoms with Crippen molar-refractivity contribution in [2.75, 3.05) is 37.9 Å². The maximum absolute atomic E-state index is 13.0. The van der Waals surface area contributed by atoms with Gasteiger partial charge < -0.3 is 29.6 Å². The van der Waals surface area contributed by atoms with Crippen molar-refractivity contribution in [3.63, 3.8) is 0 Å². The lowest BCUT2D eigenvalue weighted by Gasteiger charge is -2.32. The van der Waals surface area contributed by atoms with Crippen molar-refractivity contribution in [3.8, 4) is 5.75 Å². The maximum Gasteiger partial charge on any atom is 0.356 e. The van der Waals surface area contributed by atoms with E-state index in [9.17, 15) is 14.4 Å². The van der Waals surface area contributed by atoms with Crippen molar-refractivity contribution in [3.05, 3.63) is 47.8 Å². The predicted octanol–water partition coefficient (Wildman–Crippen LogP) is 3.04. The molecule has 0 saturated carbocycles. The van der Waals surface area contributed by atoms with Crippen molar-refractivity contribution in [1.82, 2.24) is 14.5 Å². The van der Waals surface area contributed by atoms with Gasteiger partial charge in [-0.15, -0.1) is 0 Å². The number of carbonyl (C=O) groups excluding carboxylic acids is 3. The summed E-state index contributed by atoms with van der Waals surface area (Å²) >= 11 is 0. The summed E-state index contributed by atoms with van der Waals surface area (Å²) in [4.78, 5) is 43.7. The molecule has 0 unspecified atom stereocenters. The van der Waals surface area contributed by atoms with E-state index in [1.165, 1.54) is 7.11 Å². The molecule has 1 fully saturated rings. The Morgan fingerprint density at radius 2 is 1.77 bits per heavy atom. The van der Waals surface area contributed by atoms with Crippen LogP contribution in [0.3, 0.4) is 0 Å². The van der Waals surface area contributed by atoms with Crippen LogP contribution in [-0.4, -0.2) is 65.6 Å². The van der Waals surface area contributed by atoms with E-state index in [2.05, 4.69) is 15.6 Å². The number of aromatic nitrogens is 2. The number of esters is 1. The summed E-state index contributed by atoms with van der Waals surface area (Å²) in [7, 11) is 4.55. The molecule has 2 N–H and O–H groups in total. The van der Waals surface area contributed by atoms with Crippen LogP contribution in [0, 0.1) is 0 Å². The minimum atomic E-state index is -0.582. The number of likely N-dealkylation sites (tertiary alicyclic amines) is 1. The van der Waals surface area contributed by atoms with Crippen LogP contribution in [0.15, 0.2) is 36.5 Å². The number of nitrogens with zero attached hydrogens (tertiary/aromatic N) is 3. The normalized spacial score (nSPS) is 14.0. The second kappa shape index (κ2) is 10.0. The van der Waals surface area contributed by atoms with Crippen molar-refractivity contribution >= 4 is 40.2 Å². The SMILES string of the molecule is COC(=O)c1c(NC(=O)c2ccc(OC)cc2)c2cc(NC3CCN(C(C)=O)CC3)cnc2n1C. The monoisotopic (exact) mass is 479 g/mol. The highest BCUT2D eigenvalue weighted by Gasteiger charge is 2.26. The van der Waals surface area contributed by atoms with Crippen LogP contribution in [0.25, 0.3) is 11.0 Å². The van der Waals surface area contributed by atoms with Crippen LogP contribution in [0.2, 0.25) is 0 Å². The highest BCUT2D eigenvalue weighted by Crippen LogP contribution is 2.32. The first kappa shape index (κ1) is 24.1. The third kappa shape index (κ3) is 4.91. The van der Waals surface area contributed by atoms with E-state index in [0.717, 1.165) is 18.5 Å². The Bertz CT molecular complexity index is 1260. The number of aryl methyl sites for hydroxylation is 1. The first-order valence-electron chi connectivity index (χ1n) is 11.4. The van der Waals surface area contributed by atoms with Crippen LogP contribution in [0.4, 0.5) is 11.4 Å². The number of piperidine rings is 1. The summed E-state index contributed by atoms with van der Waals surface area (Å²) in [5.41, 5.74) is 2.24. The molecule has 1 saturated heterocycles. The number of ether oxygens (including phenoxy) is 2. The Hall–Kier alpha value is -4.08. The molecule has 0 radical (unpaired) electrons. The number of anilines is 2. The van der Waals surface area contributed by atoms with Crippen LogP contribution < -0.4 is 15.4 Å². The van der Waals surface area contributed by atoms with Gasteiger partial charge in [-0.1, -0.05) is 0 Å². The van der Waals surface area contributed by atoms with E-state index in [-0.39, 0.29) is 23.6 Å². The lowest BCUT2D eigenvalue weighted by atomic mass is 10.0. The molecular formula is C25H29N5O5. The third-order valence-electron chi connectivity index (χ3n) is 6.31. The molecule has 0 spiro atoms. The van der Waals surface area contributed by atoms with Crippen molar-refractivity contribution in [1.29, 1.82) is 0 Å². The standard InChI is InChI=1S/C25H29N5O5/c1-15(31)30-11-9-17(10-12-30)27-18-13-20-21(22(25(33)35-4)29(2)23(20)26-14-18)28-24(32)16-5-7-19(34-3)8-6-16/h5-8,13-14,17,27H,9-12H2,1-4H3,(H,28,32). The summed E-state index contributed by atoms with van der Waals surface area (Å²) in [6, 6.07) is 8.74. The van der Waals surface area contributed by atoms with Crippen molar-refractivity contribution in [2.24, 2.45) is 7.05 Å². The molecule has 0 aliphatic carbocycles. The van der Waals surface area contributed by atoms with Gasteiger partial charge in [0.05, 0.1) is 31.8 Å². The second-order valence-electron chi connectivity index (χ2n) is 8.48. The zero-order chi connectivity index (χ0) is 25.1. The number of carbonyl (C=O) groups is 3. The number of rotatable bonds is 6. The molecule has 2 aromatic heterocycles. The Labute approximate surface area is 203 Å². The zero-order valence-electron chi connectivity index (χ0n) is 20.3. The van der Waals surface area contributed by atoms with Gasteiger partial charge in [0.2, 0.25) is 5.91 Å². The minimum Gasteiger partial charge on any atom is -0.497 e. The molecule has 4 rings (SSSR count). The molecular weight excluding hydrogens is 450 g/mol. The molecule has 1 aliphatic heterocycles. The number of methoxy groups -OCH3 is 2. The second-order valence-corrected chi connectivity index (χ2v) is 8.48. The number of nitrogens with one attached hydrogen (secondary N) is 2. The smallest absolute Gasteiger partial charge is 0.356 e. The van der Waals surface area contributed by atoms with Gasteiger partial charge >= 0.3 is 5.97 Å². The number of fused-ring (bicyclic) bond motifs is 1. The van der Waals surface area contributed by atoms with Crippen LogP contribution >= 0.6 is 0 Å². The Kier molecular flexibility index (Phi) is 6.90. The predicted molar refractivity (Wildman–Crippen MR) is 132 cm³/mol. The average Bonchev–Trinajstić information content (AvgIpc) is 3.14. The van der Waals surface area contributed by atoms with Gasteiger partial charge in [0.25, 0.3) is 5.91 Å². The van der Waals surface area contributed by atoms with Crippen molar-refractivity contribution in [2.45, 2.75) is 25.8 Å². The molecule has 0 atom stereocenters. The van der Waals surface area contributed by atoms with Gasteiger partial charge in [0.15, 0.2) is 5.69 Å². The fourth-order valence-corrected chi connectivity index (χ4v) is 4.35. The molecule has 1 aliphatic rings. The molecule has 1 aromatic carbocycles. The molecule has 184 valence electrons. The summed E-state index contributed by atoms with van der Waals surface area (Å²) in [6.07, 6.45) is 3.34. The third-order valence-corrected chi connectivity index (χ3v) is 6.31. The van der Waals surface area contributed by atoms with E-state index < -0.39 is 5.97 Å². The first-order valence-corrected chi connectivity index (χ1v) is 11.4. The molecule has 3 aromatic rings. The number of amides is 2. The van der Waals surface area contributed by atoms with E-state index in [0.29, 0.717) is 41.1 Å². The molecule has 10 heteroatoms. The first-order chi connectivity index (χ1) is 16.8. The van der Waals surface area contributed by atoms with Gasteiger partial charge in [0.1, 0.15) is 11.4 Å². The van der Waals surface area contributed by atoms with Crippen molar-refractivity contribution < 1.29 is 23.9 Å². The molecule has 10 nitrogen and oxygen atoms in total. The molecule has 2 amide bonds. The average molecular weight is 480 g/mol. The number of hydrogen-bond acceptors (Lipinski definition) is 7. The minimum absolute atomic E-state index is 0.0865. The fourth-order valence-electron chi connectivity index (χ4n) is 4.35. The van der Waals surface area contributed by atoms with Gasteiger partial charge in [0, 0.05) is 44.1 Å². The summed E-state index contributed by atoms with van der Waals surface area (Å²) in [5, 5.41) is 6.97. The van der Waals surface area contributed by atoms with Crippen LogP contribution in [-0.2, 0) is 16.6 Å². The maximum atomic E-state index is 13.0. The lowest BCUT2D eigenvalue weighted by molar-refractivity contribution is -0.129. The van der Waals surface area contributed by atoms with E-state index in [1.807, 2.05) is 11.0 Å². The van der Waals surface area contributed by atoms with Gasteiger partial charge in [-0.25, -0.2) is 9.78 Å². The summed E-state index contributed by atoms with van der Waals surface area (Å²) in [6.45, 7) is 2.98. The Morgan fingerprint density at radius 1 is 1.09 bits per heavy atom. The van der Waals surface area contributed by atoms with Crippen LogP contribution in [0.1, 0.15) is 40.6 Å². The van der Waals surface area contributed by atoms with Crippen LogP contribution in [0.5, 0.6) is 5.75 Å². The lowest BCUT2D eigenvalue weighted by Crippen LogP contribution is -2.41. The van der Waals surface area contributed by atoms with Gasteiger partial charge in [-0.05, 0) is 43.2 Å². The number of pyridine rings is 1. The Morgan fingerprint density at radius 3 is 2.37 bits per heavy atom. The quantitative estimate of drug-likeness (QED) is 0.522. The van der Waals surface area contributed by atoms with E-state index >= 15 is 0 Å². The van der Waals surface area contributed by atoms with Gasteiger partial charge in [-0.2, -0.15) is 0 Å². The topological polar surface area (TPSA) is 115 Å². The molecule has 0 bridgehead atoms. The number of benzene rings is 1. The fraction of sp³-hybridized carbons (Fsp3) is 0.360. The highest BCUT2D eigenvalue weighted by atomic mass is 16.5. The largest absolute Gasteiger partial charge is 0.497 e. The number of hydrogen-bond donors (Lipinski definition) is 2.